The quantitative estimate of drug-likeness (QED) is 0.692. The number of carbonyl (C=O) groups is 3. The molecule has 0 aromatic heterocycles. The van der Waals surface area contributed by atoms with Crippen molar-refractivity contribution >= 4 is 17.5 Å². The number of Topliss-reactive ketones (excluding diaryl/α,β-unsaturated/α-hetero) is 1. The van der Waals surface area contributed by atoms with Crippen LogP contribution in [0.4, 0.5) is 0 Å². The molecule has 0 bridgehead atoms. The number of fused-ring (bicyclic) bond motifs is 5. The van der Waals surface area contributed by atoms with Crippen molar-refractivity contribution in [3.05, 3.63) is 11.6 Å². The number of esters is 1. The minimum absolute atomic E-state index is 0.155. The summed E-state index contributed by atoms with van der Waals surface area (Å²) in [5.41, 5.74) is 0.267. The normalized spacial score (nSPS) is 44.2. The molecular weight excluding hydrogens is 304 g/mol. The molecule has 3 fully saturated rings. The highest BCUT2D eigenvalue weighted by atomic mass is 16.6. The molecule has 4 aliphatic rings. The van der Waals surface area contributed by atoms with E-state index in [9.17, 15) is 14.4 Å². The maximum absolute atomic E-state index is 12.4. The molecule has 0 unspecified atom stereocenters. The first-order valence-corrected chi connectivity index (χ1v) is 9.33. The summed E-state index contributed by atoms with van der Waals surface area (Å²) in [6.45, 7) is 3.62. The van der Waals surface area contributed by atoms with Crippen LogP contribution in [0.25, 0.3) is 0 Å². The van der Waals surface area contributed by atoms with Crippen molar-refractivity contribution in [2.45, 2.75) is 70.8 Å². The van der Waals surface area contributed by atoms with Crippen LogP contribution in [0.5, 0.6) is 0 Å². The summed E-state index contributed by atoms with van der Waals surface area (Å²) in [4.78, 5) is 36.2. The number of ether oxygens (including phenoxy) is 1. The highest BCUT2D eigenvalue weighted by molar-refractivity contribution is 5.92. The Morgan fingerprint density at radius 3 is 2.62 bits per heavy atom. The van der Waals surface area contributed by atoms with Crippen LogP contribution in [0, 0.1) is 23.2 Å². The van der Waals surface area contributed by atoms with Gasteiger partial charge < -0.3 is 4.74 Å². The zero-order valence-electron chi connectivity index (χ0n) is 14.6. The fraction of sp³-hybridized carbons (Fsp3) is 0.750. The summed E-state index contributed by atoms with van der Waals surface area (Å²) in [6, 6.07) is 0. The third-order valence-electron chi connectivity index (χ3n) is 7.44. The summed E-state index contributed by atoms with van der Waals surface area (Å²) in [6.07, 6.45) is 8.15. The number of carbonyl (C=O) groups excluding carboxylic acids is 3. The lowest BCUT2D eigenvalue weighted by Gasteiger charge is -2.56. The van der Waals surface area contributed by atoms with Crippen molar-refractivity contribution in [1.82, 2.24) is 0 Å². The first-order valence-electron chi connectivity index (χ1n) is 9.33. The van der Waals surface area contributed by atoms with Gasteiger partial charge in [0.25, 0.3) is 0 Å². The van der Waals surface area contributed by atoms with Crippen molar-refractivity contribution in [1.29, 1.82) is 0 Å². The Balaban J connectivity index is 1.74. The Morgan fingerprint density at radius 2 is 1.88 bits per heavy atom. The van der Waals surface area contributed by atoms with Crippen LogP contribution >= 0.6 is 0 Å². The molecule has 130 valence electrons. The van der Waals surface area contributed by atoms with Gasteiger partial charge in [0.1, 0.15) is 11.4 Å². The van der Waals surface area contributed by atoms with Gasteiger partial charge >= 0.3 is 5.97 Å². The van der Waals surface area contributed by atoms with E-state index < -0.39 is 5.60 Å². The predicted molar refractivity (Wildman–Crippen MR) is 88.1 cm³/mol. The molecule has 0 heterocycles. The van der Waals surface area contributed by atoms with Gasteiger partial charge in [-0.3, -0.25) is 14.4 Å². The highest BCUT2D eigenvalue weighted by Crippen LogP contribution is 2.62. The molecule has 4 aliphatic carbocycles. The van der Waals surface area contributed by atoms with Gasteiger partial charge in [-0.2, -0.15) is 0 Å². The second-order valence-corrected chi connectivity index (χ2v) is 8.45. The first-order chi connectivity index (χ1) is 11.4. The van der Waals surface area contributed by atoms with Crippen molar-refractivity contribution in [2.75, 3.05) is 0 Å². The maximum Gasteiger partial charge on any atom is 0.303 e. The third kappa shape index (κ3) is 2.07. The van der Waals surface area contributed by atoms with Crippen LogP contribution in [-0.2, 0) is 19.1 Å². The zero-order chi connectivity index (χ0) is 17.1. The molecule has 4 rings (SSSR count). The van der Waals surface area contributed by atoms with Crippen LogP contribution in [0.15, 0.2) is 11.6 Å². The lowest BCUT2D eigenvalue weighted by atomic mass is 9.50. The van der Waals surface area contributed by atoms with Crippen molar-refractivity contribution in [3.63, 3.8) is 0 Å². The van der Waals surface area contributed by atoms with E-state index in [1.54, 1.807) is 6.08 Å². The van der Waals surface area contributed by atoms with E-state index in [-0.39, 0.29) is 23.1 Å². The van der Waals surface area contributed by atoms with E-state index in [1.165, 1.54) is 6.92 Å². The molecule has 0 N–H and O–H groups in total. The molecule has 5 atom stereocenters. The van der Waals surface area contributed by atoms with Crippen LogP contribution < -0.4 is 0 Å². The van der Waals surface area contributed by atoms with Gasteiger partial charge in [0.05, 0.1) is 0 Å². The van der Waals surface area contributed by atoms with E-state index in [0.717, 1.165) is 37.7 Å². The largest absolute Gasteiger partial charge is 0.454 e. The molecule has 24 heavy (non-hydrogen) atoms. The van der Waals surface area contributed by atoms with Gasteiger partial charge in [-0.15, -0.1) is 0 Å². The standard InChI is InChI=1S/C20H26O4/c1-12(21)24-20-10-7-14(22)11-13(20)3-4-15-16-5-6-18(23)19(16,2)9-8-17(15)20/h11,15-17H,3-10H2,1-2H3/t15-,16-,17+,19-,20+/m1/s1. The molecule has 0 saturated heterocycles. The second-order valence-electron chi connectivity index (χ2n) is 8.45. The molecule has 0 radical (unpaired) electrons. The fourth-order valence-corrected chi connectivity index (χ4v) is 6.38. The van der Waals surface area contributed by atoms with E-state index in [2.05, 4.69) is 6.92 Å². The molecule has 0 aromatic carbocycles. The summed E-state index contributed by atoms with van der Waals surface area (Å²) >= 11 is 0. The number of hydrogen-bond donors (Lipinski definition) is 0. The Kier molecular flexibility index (Phi) is 3.52. The molecule has 4 heteroatoms. The molecule has 0 amide bonds. The van der Waals surface area contributed by atoms with Crippen molar-refractivity contribution in [3.8, 4) is 0 Å². The number of ketones is 2. The van der Waals surface area contributed by atoms with E-state index >= 15 is 0 Å². The van der Waals surface area contributed by atoms with Crippen LogP contribution in [0.1, 0.15) is 65.2 Å². The van der Waals surface area contributed by atoms with Gasteiger partial charge in [0, 0.05) is 31.1 Å². The zero-order valence-corrected chi connectivity index (χ0v) is 14.6. The van der Waals surface area contributed by atoms with Crippen LogP contribution in [0.2, 0.25) is 0 Å². The highest BCUT2D eigenvalue weighted by Gasteiger charge is 2.61. The molecule has 0 aliphatic heterocycles. The van der Waals surface area contributed by atoms with Crippen LogP contribution in [-0.4, -0.2) is 23.1 Å². The summed E-state index contributed by atoms with van der Waals surface area (Å²) < 4.78 is 5.96. The first kappa shape index (κ1) is 16.0. The predicted octanol–water partition coefficient (Wildman–Crippen LogP) is 3.38. The molecule has 3 saturated carbocycles. The fourth-order valence-electron chi connectivity index (χ4n) is 6.38. The molecule has 4 nitrogen and oxygen atoms in total. The van der Waals surface area contributed by atoms with Crippen LogP contribution in [0.3, 0.4) is 0 Å². The summed E-state index contributed by atoms with van der Waals surface area (Å²) in [5.74, 6) is 1.43. The second kappa shape index (κ2) is 5.27. The Labute approximate surface area is 143 Å². The van der Waals surface area contributed by atoms with E-state index in [1.807, 2.05) is 0 Å². The van der Waals surface area contributed by atoms with E-state index in [0.29, 0.717) is 36.9 Å². The summed E-state index contributed by atoms with van der Waals surface area (Å²) in [5, 5.41) is 0. The summed E-state index contributed by atoms with van der Waals surface area (Å²) in [7, 11) is 0. The van der Waals surface area contributed by atoms with Gasteiger partial charge in [0.15, 0.2) is 5.78 Å². The van der Waals surface area contributed by atoms with Gasteiger partial charge in [-0.25, -0.2) is 0 Å². The van der Waals surface area contributed by atoms with Gasteiger partial charge in [0.2, 0.25) is 0 Å². The smallest absolute Gasteiger partial charge is 0.303 e. The SMILES string of the molecule is CC(=O)O[C@@]12CCC(=O)C=C1CC[C@@H]1[C@H]3CCC(=O)[C@]3(C)CC[C@@H]12. The Hall–Kier alpha value is -1.45. The average Bonchev–Trinajstić information content (AvgIpc) is 2.83. The third-order valence-corrected chi connectivity index (χ3v) is 7.44. The Bertz CT molecular complexity index is 648. The lowest BCUT2D eigenvalue weighted by Crippen LogP contribution is -2.57. The van der Waals surface area contributed by atoms with Crippen molar-refractivity contribution < 1.29 is 19.1 Å². The Morgan fingerprint density at radius 1 is 1.08 bits per heavy atom. The maximum atomic E-state index is 12.4. The monoisotopic (exact) mass is 330 g/mol. The minimum atomic E-state index is -0.588. The number of hydrogen-bond acceptors (Lipinski definition) is 4. The molecule has 0 aromatic rings. The molecular formula is C20H26O4. The molecule has 0 spiro atoms. The average molecular weight is 330 g/mol. The topological polar surface area (TPSA) is 60.4 Å². The lowest BCUT2D eigenvalue weighted by molar-refractivity contribution is -0.175. The van der Waals surface area contributed by atoms with Crippen molar-refractivity contribution in [2.24, 2.45) is 23.2 Å². The minimum Gasteiger partial charge on any atom is -0.454 e. The number of rotatable bonds is 1. The van der Waals surface area contributed by atoms with E-state index in [4.69, 9.17) is 4.74 Å². The van der Waals surface area contributed by atoms with Gasteiger partial charge in [-0.1, -0.05) is 6.92 Å². The van der Waals surface area contributed by atoms with Gasteiger partial charge in [-0.05, 0) is 62.0 Å².